The number of nitriles is 1. The van der Waals surface area contributed by atoms with Gasteiger partial charge in [0.05, 0.1) is 24.2 Å². The first-order chi connectivity index (χ1) is 13.7. The fourth-order valence-corrected chi connectivity index (χ4v) is 4.28. The summed E-state index contributed by atoms with van der Waals surface area (Å²) >= 11 is 1.65. The van der Waals surface area contributed by atoms with Crippen LogP contribution in [0.3, 0.4) is 0 Å². The summed E-state index contributed by atoms with van der Waals surface area (Å²) in [6.45, 7) is 2.85. The van der Waals surface area contributed by atoms with Gasteiger partial charge in [-0.25, -0.2) is 9.29 Å². The van der Waals surface area contributed by atoms with Crippen LogP contribution in [0, 0.1) is 11.3 Å². The van der Waals surface area contributed by atoms with Gasteiger partial charge in [-0.05, 0) is 52.9 Å². The Labute approximate surface area is 168 Å². The van der Waals surface area contributed by atoms with Gasteiger partial charge in [0.15, 0.2) is 0 Å². The third-order valence-corrected chi connectivity index (χ3v) is 6.04. The van der Waals surface area contributed by atoms with Gasteiger partial charge in [-0.15, -0.1) is 0 Å². The molecule has 142 valence electrons. The zero-order chi connectivity index (χ0) is 19.5. The molecule has 4 rings (SSSR count). The second-order valence-corrected chi connectivity index (χ2v) is 8.04. The number of rotatable bonds is 5. The molecule has 1 atom stereocenters. The van der Waals surface area contributed by atoms with Crippen LogP contribution in [0.15, 0.2) is 64.8 Å². The first-order valence-electron chi connectivity index (χ1n) is 9.11. The molecule has 1 aromatic heterocycles. The van der Waals surface area contributed by atoms with Gasteiger partial charge in [-0.2, -0.15) is 5.26 Å². The lowest BCUT2D eigenvalue weighted by Gasteiger charge is -2.42. The molecule has 2 aromatic rings. The second kappa shape index (κ2) is 8.15. The zero-order valence-corrected chi connectivity index (χ0v) is 16.1. The van der Waals surface area contributed by atoms with E-state index in [1.54, 1.807) is 47.3 Å². The molecule has 6 nitrogen and oxygen atoms in total. The lowest BCUT2D eigenvalue weighted by Crippen LogP contribution is -2.50. The Morgan fingerprint density at radius 1 is 1.14 bits per heavy atom. The number of pyridine rings is 1. The first-order valence-corrected chi connectivity index (χ1v) is 9.88. The number of aromatic nitrogens is 1. The van der Waals surface area contributed by atoms with E-state index in [0.717, 1.165) is 23.7 Å². The van der Waals surface area contributed by atoms with E-state index in [-0.39, 0.29) is 12.5 Å². The van der Waals surface area contributed by atoms with Gasteiger partial charge in [-0.1, -0.05) is 18.2 Å². The molecular formula is C21H20N4O2S. The maximum atomic E-state index is 12.7. The molecule has 2 saturated heterocycles. The first kappa shape index (κ1) is 18.7. The summed E-state index contributed by atoms with van der Waals surface area (Å²) in [5.41, 5.74) is 4.00. The summed E-state index contributed by atoms with van der Waals surface area (Å²) in [5.74, 6) is -0.632. The lowest BCUT2D eigenvalue weighted by atomic mass is 9.92. The van der Waals surface area contributed by atoms with Crippen molar-refractivity contribution in [2.75, 3.05) is 32.8 Å². The molecule has 1 N–H and O–H groups in total. The molecule has 0 spiro atoms. The van der Waals surface area contributed by atoms with E-state index in [9.17, 15) is 9.90 Å². The molecule has 0 saturated carbocycles. The van der Waals surface area contributed by atoms with Crippen molar-refractivity contribution in [2.24, 2.45) is 0 Å². The van der Waals surface area contributed by atoms with E-state index < -0.39 is 5.92 Å². The number of hydrogen-bond acceptors (Lipinski definition) is 6. The minimum Gasteiger partial charge on any atom is -0.395 e. The van der Waals surface area contributed by atoms with E-state index in [4.69, 9.17) is 5.26 Å². The Hall–Kier alpha value is -2.66. The highest BCUT2D eigenvalue weighted by atomic mass is 32.2. The van der Waals surface area contributed by atoms with E-state index in [1.807, 2.05) is 18.2 Å². The molecule has 0 aliphatic carbocycles. The van der Waals surface area contributed by atoms with E-state index in [2.05, 4.69) is 15.4 Å². The Kier molecular flexibility index (Phi) is 5.44. The third-order valence-electron chi connectivity index (χ3n) is 5.09. The fourth-order valence-electron chi connectivity index (χ4n) is 3.33. The monoisotopic (exact) mass is 392 g/mol. The highest BCUT2D eigenvalue weighted by Gasteiger charge is 2.35. The van der Waals surface area contributed by atoms with Crippen molar-refractivity contribution in [3.05, 3.63) is 70.9 Å². The van der Waals surface area contributed by atoms with Gasteiger partial charge in [-0.3, -0.25) is 4.79 Å². The second-order valence-electron chi connectivity index (χ2n) is 6.93. The maximum absolute atomic E-state index is 12.7. The van der Waals surface area contributed by atoms with Crippen molar-refractivity contribution < 1.29 is 9.90 Å². The summed E-state index contributed by atoms with van der Waals surface area (Å²) in [5, 5.41) is 19.6. The number of aliphatic hydroxyl groups is 1. The Morgan fingerprint density at radius 2 is 1.86 bits per heavy atom. The number of carbonyl (C=O) groups is 1. The van der Waals surface area contributed by atoms with Crippen LogP contribution in [-0.4, -0.2) is 58.0 Å². The maximum Gasteiger partial charge on any atom is 0.233 e. The van der Waals surface area contributed by atoms with Gasteiger partial charge >= 0.3 is 0 Å². The molecule has 0 bridgehead atoms. The van der Waals surface area contributed by atoms with Crippen LogP contribution in [0.25, 0.3) is 0 Å². The van der Waals surface area contributed by atoms with Crippen molar-refractivity contribution in [3.63, 3.8) is 0 Å². The van der Waals surface area contributed by atoms with Crippen molar-refractivity contribution in [1.82, 2.24) is 14.2 Å². The number of benzene rings is 1. The number of likely N-dealkylation sites (tertiary alicyclic amines) is 1. The van der Waals surface area contributed by atoms with Gasteiger partial charge in [0.25, 0.3) is 0 Å². The fraction of sp³-hybridized carbons (Fsp3) is 0.286. The number of amides is 1. The van der Waals surface area contributed by atoms with Crippen LogP contribution in [-0.2, 0) is 4.79 Å². The Morgan fingerprint density at radius 3 is 2.46 bits per heavy atom. The standard InChI is InChI=1S/C21H20N4O2S/c22-9-15-4-6-16(7-5-15)19(14-26)21(27)24-10-17(11-24)18-12-25(13-18)28-20-3-1-2-8-23-20/h1-8,19,26H,10-14H2. The van der Waals surface area contributed by atoms with Gasteiger partial charge in [0.2, 0.25) is 5.91 Å². The minimum absolute atomic E-state index is 0.0596. The van der Waals surface area contributed by atoms with E-state index in [0.29, 0.717) is 18.7 Å². The highest BCUT2D eigenvalue weighted by molar-refractivity contribution is 7.97. The summed E-state index contributed by atoms with van der Waals surface area (Å²) in [4.78, 5) is 18.9. The predicted molar refractivity (Wildman–Crippen MR) is 106 cm³/mol. The smallest absolute Gasteiger partial charge is 0.233 e. The molecule has 7 heteroatoms. The van der Waals surface area contributed by atoms with E-state index in [1.165, 1.54) is 11.1 Å². The molecule has 3 heterocycles. The van der Waals surface area contributed by atoms with Crippen LogP contribution in [0.1, 0.15) is 17.0 Å². The van der Waals surface area contributed by atoms with Gasteiger partial charge in [0, 0.05) is 32.4 Å². The molecule has 2 fully saturated rings. The number of nitrogens with zero attached hydrogens (tertiary/aromatic N) is 4. The van der Waals surface area contributed by atoms with Crippen LogP contribution in [0.2, 0.25) is 0 Å². The molecular weight excluding hydrogens is 372 g/mol. The molecule has 1 amide bonds. The van der Waals surface area contributed by atoms with Crippen LogP contribution < -0.4 is 0 Å². The van der Waals surface area contributed by atoms with Crippen molar-refractivity contribution >= 4 is 17.9 Å². The molecule has 28 heavy (non-hydrogen) atoms. The summed E-state index contributed by atoms with van der Waals surface area (Å²) in [6.07, 6.45) is 1.79. The van der Waals surface area contributed by atoms with Gasteiger partial charge < -0.3 is 10.0 Å². The highest BCUT2D eigenvalue weighted by Crippen LogP contribution is 2.33. The quantitative estimate of drug-likeness (QED) is 0.621. The minimum atomic E-state index is -0.572. The normalized spacial score (nSPS) is 17.5. The number of aliphatic hydroxyl groups excluding tert-OH is 1. The molecule has 0 radical (unpaired) electrons. The van der Waals surface area contributed by atoms with Crippen molar-refractivity contribution in [1.29, 1.82) is 5.26 Å². The van der Waals surface area contributed by atoms with Crippen molar-refractivity contribution in [2.45, 2.75) is 10.9 Å². The lowest BCUT2D eigenvalue weighted by molar-refractivity contribution is -0.135. The average molecular weight is 392 g/mol. The molecule has 1 aromatic carbocycles. The zero-order valence-electron chi connectivity index (χ0n) is 15.3. The van der Waals surface area contributed by atoms with Crippen LogP contribution >= 0.6 is 11.9 Å². The molecule has 2 aliphatic heterocycles. The summed E-state index contributed by atoms with van der Waals surface area (Å²) < 4.78 is 2.25. The Balaban J connectivity index is 1.31. The molecule has 2 aliphatic rings. The molecule has 1 unspecified atom stereocenters. The van der Waals surface area contributed by atoms with Crippen molar-refractivity contribution in [3.8, 4) is 6.07 Å². The summed E-state index contributed by atoms with van der Waals surface area (Å²) in [7, 11) is 0. The average Bonchev–Trinajstić information content (AvgIpc) is 2.66. The van der Waals surface area contributed by atoms with Crippen LogP contribution in [0.5, 0.6) is 0 Å². The largest absolute Gasteiger partial charge is 0.395 e. The SMILES string of the molecule is N#Cc1ccc(C(CO)C(=O)N2CC(=C3CN(Sc4ccccn4)C3)C2)cc1. The Bertz CT molecular complexity index is 921. The van der Waals surface area contributed by atoms with E-state index >= 15 is 0 Å². The predicted octanol–water partition coefficient (Wildman–Crippen LogP) is 2.19. The number of carbonyl (C=O) groups excluding carboxylic acids is 1. The van der Waals surface area contributed by atoms with Crippen LogP contribution in [0.4, 0.5) is 0 Å². The third kappa shape index (κ3) is 3.80. The summed E-state index contributed by atoms with van der Waals surface area (Å²) in [6, 6.07) is 14.8. The topological polar surface area (TPSA) is 80.5 Å². The number of hydrogen-bond donors (Lipinski definition) is 1. The van der Waals surface area contributed by atoms with Gasteiger partial charge in [0.1, 0.15) is 5.03 Å².